The summed E-state index contributed by atoms with van der Waals surface area (Å²) in [6, 6.07) is 5.44. The van der Waals surface area contributed by atoms with E-state index in [2.05, 4.69) is 16.8 Å². The molecule has 0 amide bonds. The highest BCUT2D eigenvalue weighted by Gasteiger charge is 2.20. The second kappa shape index (κ2) is 4.71. The van der Waals surface area contributed by atoms with Crippen molar-refractivity contribution in [3.63, 3.8) is 0 Å². The lowest BCUT2D eigenvalue weighted by Crippen LogP contribution is -2.17. The van der Waals surface area contributed by atoms with Crippen molar-refractivity contribution in [2.75, 3.05) is 0 Å². The number of pyridine rings is 1. The van der Waals surface area contributed by atoms with E-state index in [0.717, 1.165) is 0 Å². The molecule has 1 aromatic rings. The first-order valence-electron chi connectivity index (χ1n) is 5.07. The summed E-state index contributed by atoms with van der Waals surface area (Å²) in [4.78, 5) is 15.1. The summed E-state index contributed by atoms with van der Waals surface area (Å²) in [6.07, 6.45) is 2.36. The SMILES string of the molecule is O=C1C=C(C#Cc2ccccn2)CCC1F. The molecule has 0 radical (unpaired) electrons. The van der Waals surface area contributed by atoms with Crippen LogP contribution >= 0.6 is 0 Å². The van der Waals surface area contributed by atoms with Gasteiger partial charge in [-0.2, -0.15) is 0 Å². The molecular weight excluding hydrogens is 205 g/mol. The lowest BCUT2D eigenvalue weighted by molar-refractivity contribution is -0.119. The van der Waals surface area contributed by atoms with Crippen LogP contribution in [0.1, 0.15) is 18.5 Å². The predicted octanol–water partition coefficient (Wildman–Crippen LogP) is 2.06. The van der Waals surface area contributed by atoms with Crippen molar-refractivity contribution in [2.45, 2.75) is 19.0 Å². The molecule has 80 valence electrons. The second-order valence-electron chi connectivity index (χ2n) is 3.54. The van der Waals surface area contributed by atoms with E-state index in [1.165, 1.54) is 6.08 Å². The van der Waals surface area contributed by atoms with Gasteiger partial charge in [-0.1, -0.05) is 12.0 Å². The highest BCUT2D eigenvalue weighted by Crippen LogP contribution is 2.17. The van der Waals surface area contributed by atoms with E-state index in [1.807, 2.05) is 12.1 Å². The number of aromatic nitrogens is 1. The van der Waals surface area contributed by atoms with Gasteiger partial charge in [0.15, 0.2) is 12.0 Å². The summed E-state index contributed by atoms with van der Waals surface area (Å²) in [5.74, 6) is 5.22. The normalized spacial score (nSPS) is 19.7. The Kier molecular flexibility index (Phi) is 3.11. The van der Waals surface area contributed by atoms with Crippen molar-refractivity contribution in [1.82, 2.24) is 4.98 Å². The van der Waals surface area contributed by atoms with Gasteiger partial charge < -0.3 is 0 Å². The number of carbonyl (C=O) groups excluding carboxylic acids is 1. The third-order valence-corrected chi connectivity index (χ3v) is 2.31. The predicted molar refractivity (Wildman–Crippen MR) is 58.3 cm³/mol. The molecule has 3 heteroatoms. The van der Waals surface area contributed by atoms with E-state index in [-0.39, 0.29) is 6.42 Å². The van der Waals surface area contributed by atoms with Crippen molar-refractivity contribution >= 4 is 5.78 Å². The molecule has 1 aromatic heterocycles. The maximum absolute atomic E-state index is 12.9. The Morgan fingerprint density at radius 1 is 1.38 bits per heavy atom. The fourth-order valence-electron chi connectivity index (χ4n) is 1.44. The number of rotatable bonds is 0. The first-order valence-corrected chi connectivity index (χ1v) is 5.07. The van der Waals surface area contributed by atoms with Crippen molar-refractivity contribution in [3.05, 3.63) is 41.7 Å². The summed E-state index contributed by atoms with van der Waals surface area (Å²) < 4.78 is 12.9. The minimum atomic E-state index is -1.35. The topological polar surface area (TPSA) is 30.0 Å². The summed E-state index contributed by atoms with van der Waals surface area (Å²) in [6.45, 7) is 0. The molecular formula is C13H10FNO. The average molecular weight is 215 g/mol. The van der Waals surface area contributed by atoms with Gasteiger partial charge in [0.25, 0.3) is 0 Å². The number of nitrogens with zero attached hydrogens (tertiary/aromatic N) is 1. The molecule has 2 nitrogen and oxygen atoms in total. The molecule has 16 heavy (non-hydrogen) atoms. The Labute approximate surface area is 93.2 Å². The standard InChI is InChI=1S/C13H10FNO/c14-12-7-5-10(9-13(12)16)4-6-11-3-1-2-8-15-11/h1-3,8-9,12H,5,7H2. The third-order valence-electron chi connectivity index (χ3n) is 2.31. The summed E-state index contributed by atoms with van der Waals surface area (Å²) >= 11 is 0. The zero-order valence-corrected chi connectivity index (χ0v) is 8.61. The number of alkyl halides is 1. The minimum absolute atomic E-state index is 0.238. The Balaban J connectivity index is 2.15. The number of ketones is 1. The molecule has 1 atom stereocenters. The van der Waals surface area contributed by atoms with Gasteiger partial charge in [0, 0.05) is 11.8 Å². The van der Waals surface area contributed by atoms with Crippen molar-refractivity contribution < 1.29 is 9.18 Å². The number of carbonyl (C=O) groups is 1. The fourth-order valence-corrected chi connectivity index (χ4v) is 1.44. The van der Waals surface area contributed by atoms with Crippen LogP contribution in [-0.4, -0.2) is 16.9 Å². The maximum Gasteiger partial charge on any atom is 0.190 e. The van der Waals surface area contributed by atoms with E-state index < -0.39 is 12.0 Å². The van der Waals surface area contributed by atoms with Gasteiger partial charge >= 0.3 is 0 Å². The molecule has 0 aromatic carbocycles. The zero-order valence-electron chi connectivity index (χ0n) is 8.61. The van der Waals surface area contributed by atoms with Crippen molar-refractivity contribution in [1.29, 1.82) is 0 Å². The van der Waals surface area contributed by atoms with Crippen LogP contribution in [-0.2, 0) is 4.79 Å². The molecule has 0 aliphatic heterocycles. The number of halogens is 1. The Morgan fingerprint density at radius 3 is 2.94 bits per heavy atom. The van der Waals surface area contributed by atoms with Crippen LogP contribution in [0.25, 0.3) is 0 Å². The van der Waals surface area contributed by atoms with Gasteiger partial charge in [-0.3, -0.25) is 4.79 Å². The van der Waals surface area contributed by atoms with Crippen LogP contribution in [0.4, 0.5) is 4.39 Å². The van der Waals surface area contributed by atoms with Crippen molar-refractivity contribution in [2.24, 2.45) is 0 Å². The van der Waals surface area contributed by atoms with Gasteiger partial charge in [-0.05, 0) is 37.0 Å². The molecule has 0 fully saturated rings. The lowest BCUT2D eigenvalue weighted by atomic mass is 9.97. The number of hydrogen-bond donors (Lipinski definition) is 0. The number of hydrogen-bond acceptors (Lipinski definition) is 2. The van der Waals surface area contributed by atoms with Gasteiger partial charge in [-0.25, -0.2) is 9.37 Å². The van der Waals surface area contributed by atoms with Crippen LogP contribution < -0.4 is 0 Å². The highest BCUT2D eigenvalue weighted by atomic mass is 19.1. The highest BCUT2D eigenvalue weighted by molar-refractivity contribution is 5.95. The smallest absolute Gasteiger partial charge is 0.190 e. The maximum atomic E-state index is 12.9. The molecule has 0 spiro atoms. The molecule has 0 saturated heterocycles. The Morgan fingerprint density at radius 2 is 2.25 bits per heavy atom. The van der Waals surface area contributed by atoms with Crippen LogP contribution in [0, 0.1) is 11.8 Å². The average Bonchev–Trinajstić information content (AvgIpc) is 2.32. The largest absolute Gasteiger partial charge is 0.292 e. The summed E-state index contributed by atoms with van der Waals surface area (Å²) in [5, 5.41) is 0. The molecule has 1 aliphatic carbocycles. The number of allylic oxidation sites excluding steroid dienone is 2. The monoisotopic (exact) mass is 215 g/mol. The second-order valence-corrected chi connectivity index (χ2v) is 3.54. The Hall–Kier alpha value is -1.95. The van der Waals surface area contributed by atoms with E-state index in [9.17, 15) is 9.18 Å². The molecule has 1 unspecified atom stereocenters. The first-order chi connectivity index (χ1) is 7.75. The van der Waals surface area contributed by atoms with Gasteiger partial charge in [0.1, 0.15) is 5.69 Å². The quantitative estimate of drug-likeness (QED) is 0.620. The van der Waals surface area contributed by atoms with E-state index >= 15 is 0 Å². The first kappa shape index (κ1) is 10.6. The van der Waals surface area contributed by atoms with Crippen molar-refractivity contribution in [3.8, 4) is 11.8 Å². The molecule has 1 heterocycles. The van der Waals surface area contributed by atoms with Gasteiger partial charge in [0.05, 0.1) is 0 Å². The molecule has 2 rings (SSSR count). The Bertz CT molecular complexity index is 482. The molecule has 0 N–H and O–H groups in total. The van der Waals surface area contributed by atoms with E-state index in [0.29, 0.717) is 17.7 Å². The molecule has 1 aliphatic rings. The van der Waals surface area contributed by atoms with E-state index in [4.69, 9.17) is 0 Å². The molecule has 0 bridgehead atoms. The van der Waals surface area contributed by atoms with E-state index in [1.54, 1.807) is 12.3 Å². The van der Waals surface area contributed by atoms with Gasteiger partial charge in [-0.15, -0.1) is 0 Å². The lowest BCUT2D eigenvalue weighted by Gasteiger charge is -2.10. The van der Waals surface area contributed by atoms with Crippen LogP contribution in [0.15, 0.2) is 36.0 Å². The van der Waals surface area contributed by atoms with Crippen LogP contribution in [0.3, 0.4) is 0 Å². The molecule has 0 saturated carbocycles. The zero-order chi connectivity index (χ0) is 11.4. The van der Waals surface area contributed by atoms with Gasteiger partial charge in [0.2, 0.25) is 0 Å². The fraction of sp³-hybridized carbons (Fsp3) is 0.231. The third kappa shape index (κ3) is 2.54. The summed E-state index contributed by atoms with van der Waals surface area (Å²) in [7, 11) is 0. The van der Waals surface area contributed by atoms with Crippen LogP contribution in [0.5, 0.6) is 0 Å². The minimum Gasteiger partial charge on any atom is -0.292 e. The summed E-state index contributed by atoms with van der Waals surface area (Å²) in [5.41, 5.74) is 1.34. The van der Waals surface area contributed by atoms with Crippen LogP contribution in [0.2, 0.25) is 0 Å².